The third-order valence-electron chi connectivity index (χ3n) is 2.28. The monoisotopic (exact) mass is 414 g/mol. The Hall–Kier alpha value is -1.16. The molecule has 0 spiro atoms. The van der Waals surface area contributed by atoms with E-state index in [2.05, 4.69) is 25.9 Å². The van der Waals surface area contributed by atoms with Crippen molar-refractivity contribution in [2.24, 2.45) is 0 Å². The van der Waals surface area contributed by atoms with Crippen LogP contribution in [0.2, 0.25) is 10.2 Å². The van der Waals surface area contributed by atoms with Crippen molar-refractivity contribution in [3.63, 3.8) is 0 Å². The number of sulfonamides is 1. The van der Waals surface area contributed by atoms with E-state index in [0.29, 0.717) is 0 Å². The number of hydrogen-bond acceptors (Lipinski definition) is 5. The summed E-state index contributed by atoms with van der Waals surface area (Å²) >= 11 is 14.3. The molecule has 2 rings (SSSR count). The predicted molar refractivity (Wildman–Crippen MR) is 81.4 cm³/mol. The summed E-state index contributed by atoms with van der Waals surface area (Å²) in [4.78, 5) is 6.56. The van der Waals surface area contributed by atoms with Crippen LogP contribution < -0.4 is 10.5 Å². The summed E-state index contributed by atoms with van der Waals surface area (Å²) in [5.41, 5.74) is 5.58. The molecule has 21 heavy (non-hydrogen) atoms. The van der Waals surface area contributed by atoms with Gasteiger partial charge < -0.3 is 5.73 Å². The summed E-state index contributed by atoms with van der Waals surface area (Å²) < 4.78 is 40.3. The summed E-state index contributed by atoms with van der Waals surface area (Å²) in [6, 6.07) is 2.21. The predicted octanol–water partition coefficient (Wildman–Crippen LogP) is 3.07. The van der Waals surface area contributed by atoms with Crippen LogP contribution in [0, 0.1) is 5.82 Å². The number of halogens is 4. The van der Waals surface area contributed by atoms with E-state index in [4.69, 9.17) is 28.9 Å². The van der Waals surface area contributed by atoms with Crippen LogP contribution in [0.4, 0.5) is 15.9 Å². The molecule has 1 heterocycles. The van der Waals surface area contributed by atoms with Crippen molar-refractivity contribution in [1.29, 1.82) is 0 Å². The van der Waals surface area contributed by atoms with Crippen LogP contribution in [-0.2, 0) is 10.0 Å². The molecule has 0 fully saturated rings. The molecule has 0 aliphatic heterocycles. The van der Waals surface area contributed by atoms with Crippen molar-refractivity contribution in [3.8, 4) is 0 Å². The standard InChI is InChI=1S/C10H6BrCl2FN4O2S/c11-5-1-4(15)2-6(8(5)14)21(19,20)18-10-7(12)9(13)16-3-17-10/h1-3H,15H2,(H,16,17,18). The van der Waals surface area contributed by atoms with Crippen LogP contribution in [0.5, 0.6) is 0 Å². The van der Waals surface area contributed by atoms with Gasteiger partial charge in [0.05, 0.1) is 4.47 Å². The number of benzene rings is 1. The van der Waals surface area contributed by atoms with Gasteiger partial charge in [-0.3, -0.25) is 4.72 Å². The van der Waals surface area contributed by atoms with Crippen molar-refractivity contribution in [3.05, 3.63) is 38.9 Å². The number of anilines is 2. The molecule has 1 aromatic carbocycles. The fourth-order valence-electron chi connectivity index (χ4n) is 1.38. The van der Waals surface area contributed by atoms with E-state index < -0.39 is 20.7 Å². The summed E-state index contributed by atoms with van der Waals surface area (Å²) in [6.07, 6.45) is 1.01. The van der Waals surface area contributed by atoms with Crippen LogP contribution in [-0.4, -0.2) is 18.4 Å². The van der Waals surface area contributed by atoms with Gasteiger partial charge in [0, 0.05) is 5.69 Å². The first kappa shape index (κ1) is 16.2. The van der Waals surface area contributed by atoms with Gasteiger partial charge in [-0.15, -0.1) is 0 Å². The molecular formula is C10H6BrCl2FN4O2S. The van der Waals surface area contributed by atoms with Crippen LogP contribution in [0.1, 0.15) is 0 Å². The van der Waals surface area contributed by atoms with Crippen LogP contribution in [0.15, 0.2) is 27.8 Å². The molecule has 0 amide bonds. The molecule has 0 aliphatic carbocycles. The molecule has 0 aliphatic rings. The van der Waals surface area contributed by atoms with E-state index in [9.17, 15) is 12.8 Å². The molecule has 0 bridgehead atoms. The first-order valence-corrected chi connectivity index (χ1v) is 8.19. The number of nitrogens with zero attached hydrogens (tertiary/aromatic N) is 2. The van der Waals surface area contributed by atoms with E-state index >= 15 is 0 Å². The molecule has 0 saturated heterocycles. The second-order valence-electron chi connectivity index (χ2n) is 3.75. The Morgan fingerprint density at radius 1 is 1.29 bits per heavy atom. The molecule has 0 radical (unpaired) electrons. The van der Waals surface area contributed by atoms with Crippen LogP contribution in [0.25, 0.3) is 0 Å². The lowest BCUT2D eigenvalue weighted by atomic mass is 10.3. The average molecular weight is 416 g/mol. The molecule has 3 N–H and O–H groups in total. The Morgan fingerprint density at radius 2 is 1.95 bits per heavy atom. The summed E-state index contributed by atoms with van der Waals surface area (Å²) in [6.45, 7) is 0. The van der Waals surface area contributed by atoms with Gasteiger partial charge in [0.15, 0.2) is 16.8 Å². The largest absolute Gasteiger partial charge is 0.399 e. The molecule has 0 atom stereocenters. The zero-order valence-corrected chi connectivity index (χ0v) is 13.9. The minimum absolute atomic E-state index is 0.0652. The maximum Gasteiger partial charge on any atom is 0.266 e. The third kappa shape index (κ3) is 3.37. The highest BCUT2D eigenvalue weighted by atomic mass is 79.9. The average Bonchev–Trinajstić information content (AvgIpc) is 2.39. The quantitative estimate of drug-likeness (QED) is 0.592. The summed E-state index contributed by atoms with van der Waals surface area (Å²) in [7, 11) is -4.30. The fourth-order valence-corrected chi connectivity index (χ4v) is 3.48. The minimum atomic E-state index is -4.30. The zero-order valence-electron chi connectivity index (χ0n) is 9.94. The molecule has 0 saturated carbocycles. The number of nitrogen functional groups attached to an aromatic ring is 1. The molecule has 11 heteroatoms. The van der Waals surface area contributed by atoms with Gasteiger partial charge in [0.25, 0.3) is 10.0 Å². The van der Waals surface area contributed by atoms with Crippen molar-refractivity contribution in [2.75, 3.05) is 10.5 Å². The maximum absolute atomic E-state index is 13.9. The molecular weight excluding hydrogens is 410 g/mol. The maximum atomic E-state index is 13.9. The second-order valence-corrected chi connectivity index (χ2v) is 6.99. The molecule has 6 nitrogen and oxygen atoms in total. The smallest absolute Gasteiger partial charge is 0.266 e. The molecule has 1 aromatic heterocycles. The Balaban J connectivity index is 2.51. The molecule has 0 unspecified atom stereocenters. The van der Waals surface area contributed by atoms with Gasteiger partial charge in [0.2, 0.25) is 0 Å². The highest BCUT2D eigenvalue weighted by Crippen LogP contribution is 2.30. The lowest BCUT2D eigenvalue weighted by Crippen LogP contribution is -2.16. The van der Waals surface area contributed by atoms with Gasteiger partial charge in [0.1, 0.15) is 16.2 Å². The topological polar surface area (TPSA) is 98.0 Å². The molecule has 112 valence electrons. The van der Waals surface area contributed by atoms with E-state index in [1.165, 1.54) is 6.07 Å². The van der Waals surface area contributed by atoms with Crippen molar-refractivity contribution in [2.45, 2.75) is 4.90 Å². The van der Waals surface area contributed by atoms with Gasteiger partial charge in [-0.2, -0.15) is 0 Å². The van der Waals surface area contributed by atoms with E-state index in [1.807, 2.05) is 4.72 Å². The number of rotatable bonds is 3. The summed E-state index contributed by atoms with van der Waals surface area (Å²) in [5.74, 6) is -1.26. The summed E-state index contributed by atoms with van der Waals surface area (Å²) in [5, 5.41) is -0.343. The van der Waals surface area contributed by atoms with Crippen LogP contribution in [0.3, 0.4) is 0 Å². The minimum Gasteiger partial charge on any atom is -0.399 e. The zero-order chi connectivity index (χ0) is 15.8. The Morgan fingerprint density at radius 3 is 2.62 bits per heavy atom. The van der Waals surface area contributed by atoms with Gasteiger partial charge in [-0.1, -0.05) is 23.2 Å². The fraction of sp³-hybridized carbons (Fsp3) is 0. The van der Waals surface area contributed by atoms with Gasteiger partial charge in [-0.25, -0.2) is 22.8 Å². The van der Waals surface area contributed by atoms with Gasteiger partial charge >= 0.3 is 0 Å². The van der Waals surface area contributed by atoms with E-state index in [1.54, 1.807) is 0 Å². The van der Waals surface area contributed by atoms with Crippen molar-refractivity contribution in [1.82, 2.24) is 9.97 Å². The lowest BCUT2D eigenvalue weighted by Gasteiger charge is -2.11. The van der Waals surface area contributed by atoms with Crippen LogP contribution >= 0.6 is 39.1 Å². The first-order valence-electron chi connectivity index (χ1n) is 5.15. The normalized spacial score (nSPS) is 11.4. The van der Waals surface area contributed by atoms with E-state index in [0.717, 1.165) is 12.4 Å². The highest BCUT2D eigenvalue weighted by molar-refractivity contribution is 9.10. The molecule has 2 aromatic rings. The highest BCUT2D eigenvalue weighted by Gasteiger charge is 2.24. The number of nitrogens with one attached hydrogen (secondary N) is 1. The van der Waals surface area contributed by atoms with E-state index in [-0.39, 0.29) is 26.2 Å². The Bertz CT molecular complexity index is 819. The van der Waals surface area contributed by atoms with Crippen molar-refractivity contribution >= 4 is 60.7 Å². The number of aromatic nitrogens is 2. The second kappa shape index (κ2) is 5.91. The van der Waals surface area contributed by atoms with Gasteiger partial charge in [-0.05, 0) is 28.1 Å². The third-order valence-corrected chi connectivity index (χ3v) is 4.94. The Kier molecular flexibility index (Phi) is 4.57. The SMILES string of the molecule is Nc1cc(Br)c(F)c(S(=O)(=O)Nc2ncnc(Cl)c2Cl)c1. The lowest BCUT2D eigenvalue weighted by molar-refractivity contribution is 0.566. The number of hydrogen-bond donors (Lipinski definition) is 2. The Labute approximate surface area is 137 Å². The van der Waals surface area contributed by atoms with Crippen molar-refractivity contribution < 1.29 is 12.8 Å². The first-order chi connectivity index (χ1) is 9.72. The number of nitrogens with two attached hydrogens (primary N) is 1.